The van der Waals surface area contributed by atoms with Gasteiger partial charge in [0, 0.05) is 37.2 Å². The summed E-state index contributed by atoms with van der Waals surface area (Å²) >= 11 is 0. The summed E-state index contributed by atoms with van der Waals surface area (Å²) in [6.45, 7) is 4.22. The monoisotopic (exact) mass is 855 g/mol. The van der Waals surface area contributed by atoms with Crippen molar-refractivity contribution in [3.05, 3.63) is 132 Å². The second kappa shape index (κ2) is 11.2. The minimum Gasteiger partial charge on any atom is -0.515 e. The van der Waals surface area contributed by atoms with Crippen LogP contribution in [-0.2, 0) is 21.1 Å². The Balaban J connectivity index is 0.00000338. The average Bonchev–Trinajstić information content (AvgIpc) is 3.90. The van der Waals surface area contributed by atoms with E-state index in [1.54, 1.807) is 6.07 Å². The van der Waals surface area contributed by atoms with E-state index < -0.39 is 0 Å². The van der Waals surface area contributed by atoms with Crippen LogP contribution >= 0.6 is 0 Å². The summed E-state index contributed by atoms with van der Waals surface area (Å²) in [5, 5.41) is 15.3. The molecule has 1 N–H and O–H groups in total. The van der Waals surface area contributed by atoms with Gasteiger partial charge in [0.1, 0.15) is 22.4 Å². The third-order valence-corrected chi connectivity index (χ3v) is 9.97. The van der Waals surface area contributed by atoms with Gasteiger partial charge in [0.2, 0.25) is 0 Å². The molecule has 6 aromatic carbocycles. The first-order valence-corrected chi connectivity index (χ1v) is 16.8. The Hall–Kier alpha value is -6.17. The Morgan fingerprint density at radius 3 is 2.31 bits per heavy atom. The molecule has 5 aromatic heterocycles. The molecule has 52 heavy (non-hydrogen) atoms. The number of rotatable bonds is 3. The number of aryl methyl sites for hydroxylation is 2. The molecule has 7 nitrogen and oxygen atoms in total. The molecule has 252 valence electrons. The van der Waals surface area contributed by atoms with Crippen molar-refractivity contribution in [2.75, 3.05) is 0 Å². The second-order valence-electron chi connectivity index (χ2n) is 13.2. The number of hydrogen-bond donors (Lipinski definition) is 1. The number of pyridine rings is 1. The topological polar surface area (TPSA) is 90.4 Å². The molecular formula is C44H26N3O4Pt-. The summed E-state index contributed by atoms with van der Waals surface area (Å²) < 4.78 is 21.5. The number of fused-ring (bicyclic) bond motifs is 11. The van der Waals surface area contributed by atoms with Gasteiger partial charge < -0.3 is 18.4 Å². The average molecular weight is 856 g/mol. The number of phenolic OH excluding ortho intramolecular Hbond substituents is 1. The van der Waals surface area contributed by atoms with Gasteiger partial charge in [-0.2, -0.15) is 0 Å². The second-order valence-corrected chi connectivity index (χ2v) is 13.2. The summed E-state index contributed by atoms with van der Waals surface area (Å²) in [7, 11) is 0. The van der Waals surface area contributed by atoms with Crippen molar-refractivity contribution in [1.29, 1.82) is 0 Å². The van der Waals surface area contributed by atoms with Gasteiger partial charge in [-0.1, -0.05) is 60.0 Å². The molecule has 0 aliphatic carbocycles. The summed E-state index contributed by atoms with van der Waals surface area (Å²) in [5.74, 6) is 0.878. The van der Waals surface area contributed by atoms with Gasteiger partial charge in [0.05, 0.1) is 33.6 Å². The summed E-state index contributed by atoms with van der Waals surface area (Å²) in [6, 6.07) is 41.1. The number of imidazole rings is 1. The van der Waals surface area contributed by atoms with Gasteiger partial charge >= 0.3 is 0 Å². The zero-order valence-electron chi connectivity index (χ0n) is 27.8. The SMILES string of the molecule is Cc1cc(C)c2c(c1)oc1c(-n3c(-c4ccc5oc6ccc7oc8ccc(-c9ccccc9O)[c-]c8c7c6c5n4)nc4ccccc43)cccc12.[Pt]. The van der Waals surface area contributed by atoms with E-state index in [0.717, 1.165) is 65.9 Å². The number of benzene rings is 6. The molecule has 0 atom stereocenters. The van der Waals surface area contributed by atoms with Gasteiger partial charge in [-0.25, -0.2) is 9.97 Å². The maximum absolute atomic E-state index is 10.6. The molecule has 0 saturated heterocycles. The van der Waals surface area contributed by atoms with E-state index in [-0.39, 0.29) is 26.8 Å². The molecule has 0 aliphatic rings. The van der Waals surface area contributed by atoms with Gasteiger partial charge in [-0.3, -0.25) is 4.57 Å². The molecule has 5 heterocycles. The molecule has 8 heteroatoms. The van der Waals surface area contributed by atoms with Crippen LogP contribution in [0.25, 0.3) is 105 Å². The van der Waals surface area contributed by atoms with E-state index in [0.29, 0.717) is 44.9 Å². The Morgan fingerprint density at radius 1 is 0.654 bits per heavy atom. The van der Waals surface area contributed by atoms with Crippen molar-refractivity contribution in [2.24, 2.45) is 0 Å². The zero-order chi connectivity index (χ0) is 34.0. The van der Waals surface area contributed by atoms with E-state index in [1.807, 2.05) is 72.8 Å². The van der Waals surface area contributed by atoms with E-state index in [1.165, 1.54) is 5.56 Å². The predicted molar refractivity (Wildman–Crippen MR) is 202 cm³/mol. The van der Waals surface area contributed by atoms with Crippen LogP contribution in [0.3, 0.4) is 0 Å². The number of aromatic nitrogens is 3. The first-order valence-electron chi connectivity index (χ1n) is 16.8. The van der Waals surface area contributed by atoms with Crippen LogP contribution in [-0.4, -0.2) is 19.6 Å². The Kier molecular flexibility index (Phi) is 6.58. The quantitative estimate of drug-likeness (QED) is 0.178. The molecule has 0 saturated carbocycles. The Morgan fingerprint density at radius 2 is 1.42 bits per heavy atom. The molecule has 0 aliphatic heterocycles. The first-order chi connectivity index (χ1) is 25.0. The van der Waals surface area contributed by atoms with Gasteiger partial charge in [0.15, 0.2) is 17.0 Å². The predicted octanol–water partition coefficient (Wildman–Crippen LogP) is 11.6. The molecular weight excluding hydrogens is 830 g/mol. The normalized spacial score (nSPS) is 12.0. The molecule has 0 unspecified atom stereocenters. The van der Waals surface area contributed by atoms with Crippen LogP contribution in [0.15, 0.2) is 129 Å². The largest absolute Gasteiger partial charge is 0.515 e. The summed E-state index contributed by atoms with van der Waals surface area (Å²) in [5.41, 5.74) is 12.3. The molecule has 0 bridgehead atoms. The molecule has 11 aromatic rings. The van der Waals surface area contributed by atoms with Crippen molar-refractivity contribution < 1.29 is 39.4 Å². The maximum atomic E-state index is 10.6. The minimum atomic E-state index is 0. The number of furan rings is 3. The number of nitrogens with zero attached hydrogens (tertiary/aromatic N) is 3. The van der Waals surface area contributed by atoms with Crippen molar-refractivity contribution >= 4 is 77.0 Å². The number of aromatic hydroxyl groups is 1. The Labute approximate surface area is 310 Å². The first kappa shape index (κ1) is 30.6. The molecule has 0 fully saturated rings. The molecule has 0 spiro atoms. The summed E-state index contributed by atoms with van der Waals surface area (Å²) in [6.07, 6.45) is 0. The maximum Gasteiger partial charge on any atom is 0.164 e. The molecule has 11 rings (SSSR count). The Bertz CT molecular complexity index is 3260. The van der Waals surface area contributed by atoms with E-state index in [2.05, 4.69) is 60.9 Å². The minimum absolute atomic E-state index is 0. The van der Waals surface area contributed by atoms with Crippen LogP contribution in [0.4, 0.5) is 0 Å². The standard InChI is InChI=1S/C44H26N3O4.Pt/c1-23-20-24(2)39-27-9-7-12-32(43(27)51-38(39)21-23)47-31-11-5-4-10-29(31)46-44(47)30-15-17-37-42(45-30)41-36(50-37)19-18-35-40(41)28-22-25(14-16-34(28)49-35)26-8-3-6-13-33(26)48;/h3-21,48H,1-2H3;/q-1;. The number of para-hydroxylation sites is 4. The van der Waals surface area contributed by atoms with Crippen LogP contribution in [0, 0.1) is 19.9 Å². The van der Waals surface area contributed by atoms with Crippen molar-refractivity contribution in [3.63, 3.8) is 0 Å². The number of hydrogen-bond acceptors (Lipinski definition) is 6. The van der Waals surface area contributed by atoms with Crippen LogP contribution in [0.1, 0.15) is 11.1 Å². The van der Waals surface area contributed by atoms with E-state index in [9.17, 15) is 5.11 Å². The van der Waals surface area contributed by atoms with Crippen molar-refractivity contribution in [2.45, 2.75) is 13.8 Å². The fourth-order valence-corrected chi connectivity index (χ4v) is 7.81. The van der Waals surface area contributed by atoms with Gasteiger partial charge in [-0.15, -0.1) is 17.7 Å². The number of phenols is 1. The molecule has 0 amide bonds. The smallest absolute Gasteiger partial charge is 0.164 e. The van der Waals surface area contributed by atoms with E-state index in [4.69, 9.17) is 23.2 Å². The fraction of sp³-hybridized carbons (Fsp3) is 0.0455. The zero-order valence-corrected chi connectivity index (χ0v) is 30.1. The third kappa shape index (κ3) is 4.29. The fourth-order valence-electron chi connectivity index (χ4n) is 7.81. The summed E-state index contributed by atoms with van der Waals surface area (Å²) in [4.78, 5) is 10.5. The van der Waals surface area contributed by atoms with Crippen molar-refractivity contribution in [3.8, 4) is 34.1 Å². The van der Waals surface area contributed by atoms with Crippen LogP contribution in [0.5, 0.6) is 5.75 Å². The van der Waals surface area contributed by atoms with E-state index >= 15 is 0 Å². The van der Waals surface area contributed by atoms with Crippen LogP contribution in [0.2, 0.25) is 0 Å². The van der Waals surface area contributed by atoms with Gasteiger partial charge in [-0.05, 0) is 90.5 Å². The van der Waals surface area contributed by atoms with Crippen molar-refractivity contribution in [1.82, 2.24) is 14.5 Å². The molecule has 0 radical (unpaired) electrons. The van der Waals surface area contributed by atoms with Gasteiger partial charge in [0.25, 0.3) is 0 Å². The third-order valence-electron chi connectivity index (χ3n) is 9.97. The van der Waals surface area contributed by atoms with Crippen LogP contribution < -0.4 is 0 Å².